The minimum atomic E-state index is -3.56. The fourth-order valence-corrected chi connectivity index (χ4v) is 4.78. The van der Waals surface area contributed by atoms with Crippen molar-refractivity contribution in [3.05, 3.63) is 29.8 Å². The number of nitrogens with two attached hydrogens (primary N) is 1. The molecule has 1 fully saturated rings. The van der Waals surface area contributed by atoms with Gasteiger partial charge in [0.15, 0.2) is 0 Å². The maximum atomic E-state index is 12.9. The zero-order valence-corrected chi connectivity index (χ0v) is 16.9. The summed E-state index contributed by atoms with van der Waals surface area (Å²) in [5.41, 5.74) is 5.94. The quantitative estimate of drug-likeness (QED) is 0.819. The minimum absolute atomic E-state index is 0.191. The molecule has 0 unspecified atom stereocenters. The van der Waals surface area contributed by atoms with Gasteiger partial charge in [0.2, 0.25) is 10.0 Å². The molecule has 1 aromatic rings. The fraction of sp³-hybridized carbons (Fsp3) is 0.632. The van der Waals surface area contributed by atoms with Crippen LogP contribution in [0.5, 0.6) is 0 Å². The predicted octanol–water partition coefficient (Wildman–Crippen LogP) is 2.31. The molecule has 1 aliphatic heterocycles. The second kappa shape index (κ2) is 8.50. The highest BCUT2D eigenvalue weighted by molar-refractivity contribution is 7.89. The number of benzene rings is 1. The molecule has 26 heavy (non-hydrogen) atoms. The summed E-state index contributed by atoms with van der Waals surface area (Å²) >= 11 is 0. The first-order chi connectivity index (χ1) is 12.2. The summed E-state index contributed by atoms with van der Waals surface area (Å²) in [7, 11) is -1.85. The van der Waals surface area contributed by atoms with Gasteiger partial charge in [0.1, 0.15) is 0 Å². The zero-order chi connectivity index (χ0) is 19.4. The third kappa shape index (κ3) is 5.05. The van der Waals surface area contributed by atoms with Crippen molar-refractivity contribution in [3.63, 3.8) is 0 Å². The van der Waals surface area contributed by atoms with Crippen LogP contribution in [0, 0.1) is 5.41 Å². The standard InChI is InChI=1S/C19H31N3O3S/c1-19(2,14-20)15-21(3)18(23)16-9-8-10-17(13-16)26(24,25)22-11-6-4-5-7-12-22/h8-10,13H,4-7,11-12,14-15,20H2,1-3H3. The molecule has 0 spiro atoms. The Kier molecular flexibility index (Phi) is 6.82. The van der Waals surface area contributed by atoms with E-state index in [1.165, 1.54) is 6.07 Å². The number of carbonyl (C=O) groups excluding carboxylic acids is 1. The van der Waals surface area contributed by atoms with E-state index in [1.807, 2.05) is 13.8 Å². The van der Waals surface area contributed by atoms with Crippen LogP contribution in [0.2, 0.25) is 0 Å². The molecule has 0 aromatic heterocycles. The summed E-state index contributed by atoms with van der Waals surface area (Å²) in [4.78, 5) is 14.5. The van der Waals surface area contributed by atoms with Gasteiger partial charge in [0.25, 0.3) is 5.91 Å². The van der Waals surface area contributed by atoms with E-state index in [2.05, 4.69) is 0 Å². The molecule has 7 heteroatoms. The smallest absolute Gasteiger partial charge is 0.253 e. The molecule has 0 atom stereocenters. The van der Waals surface area contributed by atoms with Crippen molar-refractivity contribution in [2.24, 2.45) is 11.1 Å². The van der Waals surface area contributed by atoms with E-state index in [1.54, 1.807) is 34.5 Å². The molecule has 1 heterocycles. The molecular weight excluding hydrogens is 350 g/mol. The molecule has 0 bridgehead atoms. The number of nitrogens with zero attached hydrogens (tertiary/aromatic N) is 2. The van der Waals surface area contributed by atoms with Crippen LogP contribution in [0.1, 0.15) is 49.9 Å². The number of rotatable bonds is 6. The summed E-state index contributed by atoms with van der Waals surface area (Å²) in [6.45, 7) is 6.06. The summed E-state index contributed by atoms with van der Waals surface area (Å²) < 4.78 is 27.4. The van der Waals surface area contributed by atoms with E-state index in [4.69, 9.17) is 5.73 Å². The van der Waals surface area contributed by atoms with Crippen LogP contribution in [0.4, 0.5) is 0 Å². The summed E-state index contributed by atoms with van der Waals surface area (Å²) in [5, 5.41) is 0. The van der Waals surface area contributed by atoms with Crippen molar-refractivity contribution < 1.29 is 13.2 Å². The van der Waals surface area contributed by atoms with E-state index in [9.17, 15) is 13.2 Å². The van der Waals surface area contributed by atoms with E-state index in [-0.39, 0.29) is 16.2 Å². The highest BCUT2D eigenvalue weighted by atomic mass is 32.2. The van der Waals surface area contributed by atoms with Crippen molar-refractivity contribution >= 4 is 15.9 Å². The van der Waals surface area contributed by atoms with Gasteiger partial charge in [-0.3, -0.25) is 4.79 Å². The number of sulfonamides is 1. The highest BCUT2D eigenvalue weighted by Crippen LogP contribution is 2.22. The van der Waals surface area contributed by atoms with Crippen LogP contribution in [0.3, 0.4) is 0 Å². The van der Waals surface area contributed by atoms with Gasteiger partial charge < -0.3 is 10.6 Å². The first kappa shape index (κ1) is 20.9. The van der Waals surface area contributed by atoms with E-state index in [0.29, 0.717) is 31.7 Å². The maximum absolute atomic E-state index is 12.9. The Balaban J connectivity index is 2.22. The number of carbonyl (C=O) groups is 1. The molecule has 1 saturated heterocycles. The largest absolute Gasteiger partial charge is 0.341 e. The number of hydrogen-bond acceptors (Lipinski definition) is 4. The van der Waals surface area contributed by atoms with Crippen LogP contribution in [-0.2, 0) is 10.0 Å². The molecule has 6 nitrogen and oxygen atoms in total. The Morgan fingerprint density at radius 1 is 1.19 bits per heavy atom. The second-order valence-corrected chi connectivity index (χ2v) is 9.81. The zero-order valence-electron chi connectivity index (χ0n) is 16.1. The van der Waals surface area contributed by atoms with Crippen molar-refractivity contribution in [2.45, 2.75) is 44.4 Å². The lowest BCUT2D eigenvalue weighted by molar-refractivity contribution is 0.0740. The van der Waals surface area contributed by atoms with Gasteiger partial charge >= 0.3 is 0 Å². The van der Waals surface area contributed by atoms with Crippen LogP contribution in [0.25, 0.3) is 0 Å². The Hall–Kier alpha value is -1.44. The first-order valence-corrected chi connectivity index (χ1v) is 10.7. The van der Waals surface area contributed by atoms with Gasteiger partial charge in [-0.05, 0) is 43.0 Å². The van der Waals surface area contributed by atoms with E-state index in [0.717, 1.165) is 25.7 Å². The van der Waals surface area contributed by atoms with Gasteiger partial charge in [-0.25, -0.2) is 8.42 Å². The van der Waals surface area contributed by atoms with Crippen molar-refractivity contribution in [1.29, 1.82) is 0 Å². The fourth-order valence-electron chi connectivity index (χ4n) is 3.22. The molecular formula is C19H31N3O3S. The van der Waals surface area contributed by atoms with Crippen molar-refractivity contribution in [1.82, 2.24) is 9.21 Å². The second-order valence-electron chi connectivity index (χ2n) is 7.88. The van der Waals surface area contributed by atoms with Crippen molar-refractivity contribution in [2.75, 3.05) is 33.2 Å². The summed E-state index contributed by atoms with van der Waals surface area (Å²) in [6.07, 6.45) is 3.89. The third-order valence-corrected chi connectivity index (χ3v) is 6.74. The van der Waals surface area contributed by atoms with Crippen molar-refractivity contribution in [3.8, 4) is 0 Å². The Bertz CT molecular complexity index is 723. The van der Waals surface area contributed by atoms with Gasteiger partial charge in [-0.15, -0.1) is 0 Å². The summed E-state index contributed by atoms with van der Waals surface area (Å²) in [5.74, 6) is -0.195. The molecule has 2 N–H and O–H groups in total. The lowest BCUT2D eigenvalue weighted by Gasteiger charge is -2.29. The normalized spacial score (nSPS) is 16.9. The molecule has 1 aromatic carbocycles. The Morgan fingerprint density at radius 3 is 2.38 bits per heavy atom. The third-order valence-electron chi connectivity index (χ3n) is 4.85. The molecule has 2 rings (SSSR count). The van der Waals surface area contributed by atoms with Gasteiger partial charge in [0, 0.05) is 32.2 Å². The van der Waals surface area contributed by atoms with E-state index < -0.39 is 10.0 Å². The number of hydrogen-bond donors (Lipinski definition) is 1. The average molecular weight is 382 g/mol. The summed E-state index contributed by atoms with van der Waals surface area (Å²) in [6, 6.07) is 6.37. The maximum Gasteiger partial charge on any atom is 0.253 e. The predicted molar refractivity (Wildman–Crippen MR) is 103 cm³/mol. The number of amides is 1. The molecule has 1 amide bonds. The highest BCUT2D eigenvalue weighted by Gasteiger charge is 2.27. The molecule has 0 aliphatic carbocycles. The Morgan fingerprint density at radius 2 is 1.81 bits per heavy atom. The van der Waals surface area contributed by atoms with Crippen LogP contribution >= 0.6 is 0 Å². The molecule has 1 aliphatic rings. The molecule has 0 radical (unpaired) electrons. The van der Waals surface area contributed by atoms with Gasteiger partial charge in [-0.2, -0.15) is 4.31 Å². The molecule has 146 valence electrons. The minimum Gasteiger partial charge on any atom is -0.341 e. The first-order valence-electron chi connectivity index (χ1n) is 9.23. The van der Waals surface area contributed by atoms with E-state index >= 15 is 0 Å². The SMILES string of the molecule is CN(CC(C)(C)CN)C(=O)c1cccc(S(=O)(=O)N2CCCCCC2)c1. The lowest BCUT2D eigenvalue weighted by Crippen LogP contribution is -2.39. The topological polar surface area (TPSA) is 83.7 Å². The van der Waals surface area contributed by atoms with Crippen LogP contribution in [-0.4, -0.2) is 56.8 Å². The van der Waals surface area contributed by atoms with Crippen LogP contribution in [0.15, 0.2) is 29.2 Å². The Labute approximate surface area is 157 Å². The average Bonchev–Trinajstić information content (AvgIpc) is 2.90. The molecule has 0 saturated carbocycles. The van der Waals surface area contributed by atoms with Gasteiger partial charge in [-0.1, -0.05) is 32.8 Å². The van der Waals surface area contributed by atoms with Crippen LogP contribution < -0.4 is 5.73 Å². The van der Waals surface area contributed by atoms with Gasteiger partial charge in [0.05, 0.1) is 4.90 Å². The monoisotopic (exact) mass is 381 g/mol. The lowest BCUT2D eigenvalue weighted by atomic mass is 9.93.